The number of ether oxygens (including phenoxy) is 2. The minimum absolute atomic E-state index is 0.208. The third-order valence-electron chi connectivity index (χ3n) is 3.98. The van der Waals surface area contributed by atoms with E-state index < -0.39 is 0 Å². The van der Waals surface area contributed by atoms with Crippen LogP contribution < -0.4 is 10.1 Å². The maximum absolute atomic E-state index is 6.06. The first-order valence-electron chi connectivity index (χ1n) is 7.61. The zero-order chi connectivity index (χ0) is 14.5. The first-order chi connectivity index (χ1) is 9.61. The molecule has 0 aliphatic carbocycles. The molecule has 20 heavy (non-hydrogen) atoms. The number of aryl methyl sites for hydroxylation is 1. The van der Waals surface area contributed by atoms with Gasteiger partial charge in [0.2, 0.25) is 0 Å². The Kier molecular flexibility index (Phi) is 5.44. The smallest absolute Gasteiger partial charge is 0.121 e. The van der Waals surface area contributed by atoms with Crippen molar-refractivity contribution >= 4 is 0 Å². The predicted octanol–water partition coefficient (Wildman–Crippen LogP) is 3.47. The molecule has 1 saturated heterocycles. The maximum Gasteiger partial charge on any atom is 0.121 e. The summed E-state index contributed by atoms with van der Waals surface area (Å²) in [5, 5.41) is 3.55. The molecule has 0 radical (unpaired) electrons. The number of benzene rings is 1. The summed E-state index contributed by atoms with van der Waals surface area (Å²) in [4.78, 5) is 0. The van der Waals surface area contributed by atoms with Crippen LogP contribution in [0.5, 0.6) is 5.75 Å². The fourth-order valence-corrected chi connectivity index (χ4v) is 2.89. The van der Waals surface area contributed by atoms with Gasteiger partial charge in [0.1, 0.15) is 5.75 Å². The van der Waals surface area contributed by atoms with Crippen LogP contribution in [0.15, 0.2) is 18.2 Å². The zero-order valence-electron chi connectivity index (χ0n) is 13.1. The maximum atomic E-state index is 6.06. The topological polar surface area (TPSA) is 30.5 Å². The Balaban J connectivity index is 2.12. The lowest BCUT2D eigenvalue weighted by atomic mass is 9.88. The van der Waals surface area contributed by atoms with Crippen molar-refractivity contribution in [2.45, 2.75) is 45.8 Å². The van der Waals surface area contributed by atoms with Crippen molar-refractivity contribution < 1.29 is 9.47 Å². The van der Waals surface area contributed by atoms with E-state index in [1.54, 1.807) is 7.11 Å². The summed E-state index contributed by atoms with van der Waals surface area (Å²) < 4.78 is 11.4. The largest absolute Gasteiger partial charge is 0.496 e. The molecule has 0 spiro atoms. The SMILES string of the molecule is COc1ccc(C2OCCCC2CNC(C)C)cc1C. The molecule has 0 aromatic heterocycles. The Hall–Kier alpha value is -1.06. The number of hydrogen-bond acceptors (Lipinski definition) is 3. The second-order valence-electron chi connectivity index (χ2n) is 5.99. The first kappa shape index (κ1) is 15.3. The van der Waals surface area contributed by atoms with E-state index in [9.17, 15) is 0 Å². The van der Waals surface area contributed by atoms with Crippen LogP contribution >= 0.6 is 0 Å². The second-order valence-corrected chi connectivity index (χ2v) is 5.99. The van der Waals surface area contributed by atoms with Crippen molar-refractivity contribution in [2.24, 2.45) is 5.92 Å². The van der Waals surface area contributed by atoms with Crippen LogP contribution in [0.4, 0.5) is 0 Å². The monoisotopic (exact) mass is 277 g/mol. The minimum atomic E-state index is 0.208. The summed E-state index contributed by atoms with van der Waals surface area (Å²) in [6.07, 6.45) is 2.60. The van der Waals surface area contributed by atoms with Crippen LogP contribution in [0.1, 0.15) is 43.9 Å². The van der Waals surface area contributed by atoms with Gasteiger partial charge in [0.25, 0.3) is 0 Å². The van der Waals surface area contributed by atoms with E-state index in [0.29, 0.717) is 12.0 Å². The van der Waals surface area contributed by atoms with Crippen molar-refractivity contribution in [1.82, 2.24) is 5.32 Å². The number of nitrogens with one attached hydrogen (secondary N) is 1. The van der Waals surface area contributed by atoms with Gasteiger partial charge in [-0.15, -0.1) is 0 Å². The highest BCUT2D eigenvalue weighted by molar-refractivity contribution is 5.37. The lowest BCUT2D eigenvalue weighted by Crippen LogP contribution is -2.35. The normalized spacial score (nSPS) is 23.1. The molecule has 3 heteroatoms. The van der Waals surface area contributed by atoms with Crippen molar-refractivity contribution in [3.8, 4) is 5.75 Å². The summed E-state index contributed by atoms with van der Waals surface area (Å²) in [5.41, 5.74) is 2.45. The van der Waals surface area contributed by atoms with E-state index in [2.05, 4.69) is 44.3 Å². The third-order valence-corrected chi connectivity index (χ3v) is 3.98. The molecule has 2 rings (SSSR count). The van der Waals surface area contributed by atoms with Gasteiger partial charge < -0.3 is 14.8 Å². The fraction of sp³-hybridized carbons (Fsp3) is 0.647. The summed E-state index contributed by atoms with van der Waals surface area (Å²) in [7, 11) is 1.72. The molecule has 3 nitrogen and oxygen atoms in total. The molecular formula is C17H27NO2. The number of methoxy groups -OCH3 is 1. The molecule has 2 unspecified atom stereocenters. The van der Waals surface area contributed by atoms with Crippen LogP contribution in [0.2, 0.25) is 0 Å². The fourth-order valence-electron chi connectivity index (χ4n) is 2.89. The molecule has 2 atom stereocenters. The van der Waals surface area contributed by atoms with E-state index in [1.807, 2.05) is 0 Å². The Morgan fingerprint density at radius 1 is 1.40 bits per heavy atom. The molecule has 1 aromatic rings. The second kappa shape index (κ2) is 7.09. The summed E-state index contributed by atoms with van der Waals surface area (Å²) >= 11 is 0. The minimum Gasteiger partial charge on any atom is -0.496 e. The molecule has 1 aliphatic rings. The summed E-state index contributed by atoms with van der Waals surface area (Å²) in [6, 6.07) is 6.92. The van der Waals surface area contributed by atoms with Crippen molar-refractivity contribution in [1.29, 1.82) is 0 Å². The van der Waals surface area contributed by atoms with Crippen LogP contribution in [0.25, 0.3) is 0 Å². The van der Waals surface area contributed by atoms with E-state index in [4.69, 9.17) is 9.47 Å². The van der Waals surface area contributed by atoms with Gasteiger partial charge in [-0.1, -0.05) is 19.9 Å². The Morgan fingerprint density at radius 2 is 2.20 bits per heavy atom. The molecule has 0 bridgehead atoms. The quantitative estimate of drug-likeness (QED) is 0.894. The lowest BCUT2D eigenvalue weighted by Gasteiger charge is -2.33. The van der Waals surface area contributed by atoms with Gasteiger partial charge >= 0.3 is 0 Å². The van der Waals surface area contributed by atoms with Gasteiger partial charge in [0.05, 0.1) is 13.2 Å². The highest BCUT2D eigenvalue weighted by Crippen LogP contribution is 2.35. The summed E-state index contributed by atoms with van der Waals surface area (Å²) in [6.45, 7) is 8.36. The van der Waals surface area contributed by atoms with Gasteiger partial charge in [-0.2, -0.15) is 0 Å². The zero-order valence-corrected chi connectivity index (χ0v) is 13.1. The average molecular weight is 277 g/mol. The highest BCUT2D eigenvalue weighted by atomic mass is 16.5. The Morgan fingerprint density at radius 3 is 2.85 bits per heavy atom. The number of rotatable bonds is 5. The molecule has 1 fully saturated rings. The third kappa shape index (κ3) is 3.74. The van der Waals surface area contributed by atoms with E-state index in [0.717, 1.165) is 25.3 Å². The average Bonchev–Trinajstić information content (AvgIpc) is 2.45. The molecule has 1 heterocycles. The van der Waals surface area contributed by atoms with Crippen molar-refractivity contribution in [3.05, 3.63) is 29.3 Å². The lowest BCUT2D eigenvalue weighted by molar-refractivity contribution is -0.0282. The van der Waals surface area contributed by atoms with Gasteiger partial charge in [-0.3, -0.25) is 0 Å². The molecule has 1 N–H and O–H groups in total. The number of hydrogen-bond donors (Lipinski definition) is 1. The molecule has 112 valence electrons. The first-order valence-corrected chi connectivity index (χ1v) is 7.61. The highest BCUT2D eigenvalue weighted by Gasteiger charge is 2.27. The van der Waals surface area contributed by atoms with Gasteiger partial charge in [-0.25, -0.2) is 0 Å². The summed E-state index contributed by atoms with van der Waals surface area (Å²) in [5.74, 6) is 1.50. The van der Waals surface area contributed by atoms with E-state index in [1.165, 1.54) is 17.5 Å². The van der Waals surface area contributed by atoms with Crippen LogP contribution in [-0.2, 0) is 4.74 Å². The molecule has 0 saturated carbocycles. The molecule has 1 aromatic carbocycles. The van der Waals surface area contributed by atoms with Gasteiger partial charge in [-0.05, 0) is 43.0 Å². The van der Waals surface area contributed by atoms with Crippen LogP contribution in [0.3, 0.4) is 0 Å². The van der Waals surface area contributed by atoms with E-state index >= 15 is 0 Å². The molecule has 1 aliphatic heterocycles. The van der Waals surface area contributed by atoms with Crippen molar-refractivity contribution in [3.63, 3.8) is 0 Å². The predicted molar refractivity (Wildman–Crippen MR) is 82.3 cm³/mol. The van der Waals surface area contributed by atoms with Gasteiger partial charge in [0.15, 0.2) is 0 Å². The Labute approximate surface area is 122 Å². The van der Waals surface area contributed by atoms with Crippen LogP contribution in [-0.4, -0.2) is 26.3 Å². The standard InChI is InChI=1S/C17H27NO2/c1-12(2)18-11-15-6-5-9-20-17(15)14-7-8-16(19-4)13(3)10-14/h7-8,10,12,15,17-18H,5-6,9,11H2,1-4H3. The van der Waals surface area contributed by atoms with Gasteiger partial charge in [0, 0.05) is 25.1 Å². The Bertz CT molecular complexity index is 431. The van der Waals surface area contributed by atoms with Crippen LogP contribution in [0, 0.1) is 12.8 Å². The van der Waals surface area contributed by atoms with Crippen molar-refractivity contribution in [2.75, 3.05) is 20.3 Å². The molecule has 0 amide bonds. The van der Waals surface area contributed by atoms with E-state index in [-0.39, 0.29) is 6.10 Å². The molecular weight excluding hydrogens is 250 g/mol.